The number of benzene rings is 4. The lowest BCUT2D eigenvalue weighted by atomic mass is 9.90. The zero-order valence-electron chi connectivity index (χ0n) is 28.6. The van der Waals surface area contributed by atoms with E-state index in [0.717, 1.165) is 63.6 Å². The zero-order chi connectivity index (χ0) is 36.1. The van der Waals surface area contributed by atoms with Gasteiger partial charge in [0, 0.05) is 49.7 Å². The van der Waals surface area contributed by atoms with Crippen LogP contribution in [0.15, 0.2) is 137 Å². The Morgan fingerprint density at radius 1 is 0.560 bits per heavy atom. The Labute approximate surface area is 295 Å². The highest BCUT2D eigenvalue weighted by atomic mass is 32.2. The van der Waals surface area contributed by atoms with Gasteiger partial charge >= 0.3 is 0 Å². The number of allylic oxidation sites excluding steroid dienone is 5. The van der Waals surface area contributed by atoms with Crippen molar-refractivity contribution in [2.24, 2.45) is 0 Å². The second kappa shape index (κ2) is 15.4. The Morgan fingerprint density at radius 3 is 1.22 bits per heavy atom. The molecule has 5 rings (SSSR count). The van der Waals surface area contributed by atoms with E-state index in [1.807, 2.05) is 14.1 Å². The molecule has 0 unspecified atom stereocenters. The van der Waals surface area contributed by atoms with Crippen LogP contribution in [0.5, 0.6) is 0 Å². The molecule has 9 nitrogen and oxygen atoms in total. The lowest BCUT2D eigenvalue weighted by Crippen LogP contribution is -2.22. The van der Waals surface area contributed by atoms with Gasteiger partial charge in [-0.25, -0.2) is 4.58 Å². The molecule has 0 saturated carbocycles. The number of nitrogens with zero attached hydrogens (tertiary/aromatic N) is 3. The van der Waals surface area contributed by atoms with Crippen LogP contribution >= 0.6 is 0 Å². The van der Waals surface area contributed by atoms with Gasteiger partial charge in [-0.3, -0.25) is 9.11 Å². The van der Waals surface area contributed by atoms with Gasteiger partial charge in [-0.1, -0.05) is 48.5 Å². The van der Waals surface area contributed by atoms with Crippen LogP contribution in [-0.4, -0.2) is 63.4 Å². The molecule has 2 N–H and O–H groups in total. The Balaban J connectivity index is 1.43. The van der Waals surface area contributed by atoms with E-state index in [0.29, 0.717) is 13.1 Å². The van der Waals surface area contributed by atoms with Crippen molar-refractivity contribution in [1.82, 2.24) is 0 Å². The Morgan fingerprint density at radius 2 is 0.920 bits per heavy atom. The molecule has 4 aromatic rings. The maximum Gasteiger partial charge on any atom is 0.294 e. The van der Waals surface area contributed by atoms with E-state index in [-0.39, 0.29) is 9.79 Å². The molecular weight excluding hydrogens is 671 g/mol. The zero-order valence-corrected chi connectivity index (χ0v) is 30.2. The van der Waals surface area contributed by atoms with Crippen LogP contribution in [0.2, 0.25) is 0 Å². The summed E-state index contributed by atoms with van der Waals surface area (Å²) in [6.45, 7) is 6.76. The molecule has 0 amide bonds. The second-order valence-corrected chi connectivity index (χ2v) is 15.0. The molecule has 0 atom stereocenters. The van der Waals surface area contributed by atoms with Gasteiger partial charge in [0.2, 0.25) is 0 Å². The Kier molecular flexibility index (Phi) is 11.2. The highest BCUT2D eigenvalue weighted by Gasteiger charge is 2.16. The molecule has 0 bridgehead atoms. The van der Waals surface area contributed by atoms with E-state index in [2.05, 4.69) is 101 Å². The molecule has 260 valence electrons. The van der Waals surface area contributed by atoms with E-state index in [1.165, 1.54) is 24.3 Å². The molecular formula is C39H42N3O6S2+. The molecule has 11 heteroatoms. The van der Waals surface area contributed by atoms with Crippen LogP contribution in [0.4, 0.5) is 11.4 Å². The van der Waals surface area contributed by atoms with Crippen molar-refractivity contribution in [3.63, 3.8) is 0 Å². The molecule has 1 aliphatic carbocycles. The molecule has 50 heavy (non-hydrogen) atoms. The van der Waals surface area contributed by atoms with Crippen molar-refractivity contribution in [3.8, 4) is 0 Å². The van der Waals surface area contributed by atoms with Crippen molar-refractivity contribution in [2.45, 2.75) is 36.7 Å². The fourth-order valence-corrected chi connectivity index (χ4v) is 6.81. The van der Waals surface area contributed by atoms with Crippen molar-refractivity contribution < 1.29 is 30.5 Å². The third kappa shape index (κ3) is 8.85. The molecule has 0 fully saturated rings. The summed E-state index contributed by atoms with van der Waals surface area (Å²) in [7, 11) is -4.45. The lowest BCUT2D eigenvalue weighted by molar-refractivity contribution is -0.462. The minimum Gasteiger partial charge on any atom is -0.367 e. The topological polar surface area (TPSA) is 118 Å². The molecule has 1 aliphatic rings. The summed E-state index contributed by atoms with van der Waals surface area (Å²) in [4.78, 5) is 4.14. The average Bonchev–Trinajstić information content (AvgIpc) is 3.10. The number of rotatable bonds is 12. The normalized spacial score (nSPS) is 13.0. The summed E-state index contributed by atoms with van der Waals surface area (Å²) in [5, 5.41) is 0. The predicted molar refractivity (Wildman–Crippen MR) is 200 cm³/mol. The third-order valence-electron chi connectivity index (χ3n) is 8.67. The van der Waals surface area contributed by atoms with Crippen LogP contribution < -0.4 is 9.80 Å². The van der Waals surface area contributed by atoms with E-state index in [1.54, 1.807) is 24.3 Å². The monoisotopic (exact) mass is 712 g/mol. The van der Waals surface area contributed by atoms with Gasteiger partial charge in [-0.15, -0.1) is 0 Å². The summed E-state index contributed by atoms with van der Waals surface area (Å²) in [6.07, 6.45) is 8.48. The first-order valence-electron chi connectivity index (χ1n) is 16.2. The minimum absolute atomic E-state index is 0.126. The number of anilines is 2. The van der Waals surface area contributed by atoms with Crippen LogP contribution in [0, 0.1) is 0 Å². The summed E-state index contributed by atoms with van der Waals surface area (Å²) in [5.74, 6) is 0. The van der Waals surface area contributed by atoms with Gasteiger partial charge < -0.3 is 9.80 Å². The van der Waals surface area contributed by atoms with Crippen molar-refractivity contribution >= 4 is 42.9 Å². The van der Waals surface area contributed by atoms with Gasteiger partial charge in [-0.05, 0) is 108 Å². The highest BCUT2D eigenvalue weighted by molar-refractivity contribution is 7.86. The molecule has 0 radical (unpaired) electrons. The summed E-state index contributed by atoms with van der Waals surface area (Å²) in [5.41, 5.74) is 9.27. The SMILES string of the molecule is CCN(Cc1ccc(S(=O)(=O)O)cc1)c1ccc(C(=C2C=CC(=[N+](C)C)C=C2)c2ccc(N(CC)Cc3ccc(S(=O)(=O)O)cc3)cc2)cc1. The second-order valence-electron chi connectivity index (χ2n) is 12.2. The van der Waals surface area contributed by atoms with Gasteiger partial charge in [0.15, 0.2) is 5.71 Å². The maximum absolute atomic E-state index is 11.5. The smallest absolute Gasteiger partial charge is 0.294 e. The van der Waals surface area contributed by atoms with Gasteiger partial charge in [0.05, 0.1) is 9.79 Å². The quantitative estimate of drug-likeness (QED) is 0.121. The van der Waals surface area contributed by atoms with Crippen LogP contribution in [0.3, 0.4) is 0 Å². The molecule has 0 saturated heterocycles. The average molecular weight is 713 g/mol. The van der Waals surface area contributed by atoms with Crippen molar-refractivity contribution in [2.75, 3.05) is 37.0 Å². The largest absolute Gasteiger partial charge is 0.367 e. The molecule has 4 aromatic carbocycles. The minimum atomic E-state index is -4.24. The van der Waals surface area contributed by atoms with Gasteiger partial charge in [0.1, 0.15) is 14.1 Å². The first kappa shape index (κ1) is 36.5. The Hall–Kier alpha value is -4.81. The molecule has 0 heterocycles. The Bertz CT molecular complexity index is 2020. The summed E-state index contributed by atoms with van der Waals surface area (Å²) >= 11 is 0. The first-order chi connectivity index (χ1) is 23.8. The summed E-state index contributed by atoms with van der Waals surface area (Å²) in [6, 6.07) is 29.4. The predicted octanol–water partition coefficient (Wildman–Crippen LogP) is 6.87. The van der Waals surface area contributed by atoms with Crippen LogP contribution in [-0.2, 0) is 33.3 Å². The van der Waals surface area contributed by atoms with E-state index in [9.17, 15) is 25.9 Å². The van der Waals surface area contributed by atoms with Gasteiger partial charge in [-0.2, -0.15) is 16.8 Å². The lowest BCUT2D eigenvalue weighted by Gasteiger charge is -2.25. The standard InChI is InChI=1S/C39H41N3O6S2/c1-5-41(27-29-7-23-37(24-8-29)49(43,44)45)35-19-13-32(14-20-35)39(31-11-17-34(18-12-31)40(3)4)33-15-21-36(22-16-33)42(6-2)28-30-9-25-38(26-10-30)50(46,47)48/h7-26H,5-6,27-28H2,1-4H3,(H-,43,44,45,46,47,48)/p+1. The fourth-order valence-electron chi connectivity index (χ4n) is 5.85. The van der Waals surface area contributed by atoms with E-state index < -0.39 is 20.2 Å². The number of hydrogen-bond donors (Lipinski definition) is 2. The molecule has 0 spiro atoms. The molecule has 0 aliphatic heterocycles. The van der Waals surface area contributed by atoms with Gasteiger partial charge in [0.25, 0.3) is 20.2 Å². The fraction of sp³-hybridized carbons (Fsp3) is 0.205. The maximum atomic E-state index is 11.5. The summed E-state index contributed by atoms with van der Waals surface area (Å²) < 4.78 is 66.6. The van der Waals surface area contributed by atoms with Crippen molar-refractivity contribution in [3.05, 3.63) is 149 Å². The highest BCUT2D eigenvalue weighted by Crippen LogP contribution is 2.33. The van der Waals surface area contributed by atoms with Crippen LogP contribution in [0.25, 0.3) is 5.57 Å². The number of hydrogen-bond acceptors (Lipinski definition) is 6. The van der Waals surface area contributed by atoms with Crippen molar-refractivity contribution in [1.29, 1.82) is 0 Å². The first-order valence-corrected chi connectivity index (χ1v) is 19.1. The van der Waals surface area contributed by atoms with E-state index >= 15 is 0 Å². The molecule has 0 aromatic heterocycles. The third-order valence-corrected chi connectivity index (χ3v) is 10.4. The van der Waals surface area contributed by atoms with E-state index in [4.69, 9.17) is 0 Å². The van der Waals surface area contributed by atoms with Crippen LogP contribution in [0.1, 0.15) is 36.1 Å².